The highest BCUT2D eigenvalue weighted by molar-refractivity contribution is 7.13. The van der Waals surface area contributed by atoms with E-state index in [9.17, 15) is 0 Å². The summed E-state index contributed by atoms with van der Waals surface area (Å²) >= 11 is 0. The van der Waals surface area contributed by atoms with Gasteiger partial charge in [-0.1, -0.05) is 45.3 Å². The molecule has 0 aromatic heterocycles. The van der Waals surface area contributed by atoms with Crippen LogP contribution in [0.25, 0.3) is 0 Å². The van der Waals surface area contributed by atoms with Crippen molar-refractivity contribution in [2.24, 2.45) is 0 Å². The molecule has 0 amide bonds. The molecule has 3 heteroatoms. The number of para-hydroxylation sites is 1. The van der Waals surface area contributed by atoms with E-state index in [2.05, 4.69) is 81.3 Å². The summed E-state index contributed by atoms with van der Waals surface area (Å²) in [6.07, 6.45) is 2.40. The quantitative estimate of drug-likeness (QED) is 0.758. The highest BCUT2D eigenvalue weighted by atomic mass is 31.0. The second-order valence-electron chi connectivity index (χ2n) is 6.26. The number of rotatable bonds is 3. The summed E-state index contributed by atoms with van der Waals surface area (Å²) < 4.78 is 2.35. The zero-order valence-electron chi connectivity index (χ0n) is 13.5. The maximum atomic E-state index is 2.84. The lowest BCUT2D eigenvalue weighted by atomic mass is 10.0. The molecular weight excluding hydrogens is 287 g/mol. The van der Waals surface area contributed by atoms with E-state index in [1.807, 2.05) is 0 Å². The summed E-state index contributed by atoms with van der Waals surface area (Å²) in [5.41, 5.74) is 5.34. The molecule has 116 valence electrons. The molecule has 22 heavy (non-hydrogen) atoms. The van der Waals surface area contributed by atoms with Gasteiger partial charge in [0, 0.05) is 30.5 Å². The molecule has 0 saturated carbocycles. The predicted octanol–water partition coefficient (Wildman–Crippen LogP) is 4.70. The van der Waals surface area contributed by atoms with Crippen LogP contribution in [-0.4, -0.2) is 23.8 Å². The third kappa shape index (κ3) is 3.34. The summed E-state index contributed by atoms with van der Waals surface area (Å²) in [6, 6.07) is 18.2. The van der Waals surface area contributed by atoms with Gasteiger partial charge >= 0.3 is 0 Å². The summed E-state index contributed by atoms with van der Waals surface area (Å²) in [5.74, 6) is 0. The van der Waals surface area contributed by atoms with E-state index in [1.54, 1.807) is 0 Å². The Balaban J connectivity index is 1.99. The number of benzene rings is 2. The lowest BCUT2D eigenvalue weighted by molar-refractivity contribution is 0.343. The second kappa shape index (κ2) is 6.81. The van der Waals surface area contributed by atoms with Gasteiger partial charge in [0.2, 0.25) is 0 Å². The van der Waals surface area contributed by atoms with Crippen molar-refractivity contribution in [3.8, 4) is 0 Å². The van der Waals surface area contributed by atoms with Crippen molar-refractivity contribution in [1.82, 2.24) is 4.67 Å². The van der Waals surface area contributed by atoms with Crippen LogP contribution in [0.3, 0.4) is 0 Å². The number of hydrogen-bond acceptors (Lipinski definition) is 2. The first-order valence-electron chi connectivity index (χ1n) is 8.06. The molecule has 3 rings (SSSR count). The smallest absolute Gasteiger partial charge is 0.0443 e. The van der Waals surface area contributed by atoms with Crippen molar-refractivity contribution in [2.75, 3.05) is 18.0 Å². The summed E-state index contributed by atoms with van der Waals surface area (Å²) in [5, 5.41) is 0. The number of aryl methyl sites for hydroxylation is 2. The van der Waals surface area contributed by atoms with Crippen LogP contribution in [0.15, 0.2) is 48.5 Å². The maximum absolute atomic E-state index is 2.84. The number of hydrogen-bond donors (Lipinski definition) is 0. The van der Waals surface area contributed by atoms with E-state index in [-0.39, 0.29) is 0 Å². The fourth-order valence-corrected chi connectivity index (χ4v) is 3.65. The van der Waals surface area contributed by atoms with Crippen molar-refractivity contribution in [3.63, 3.8) is 0 Å². The van der Waals surface area contributed by atoms with Gasteiger partial charge in [0.15, 0.2) is 0 Å². The van der Waals surface area contributed by atoms with Gasteiger partial charge in [0.25, 0.3) is 0 Å². The molecule has 0 spiro atoms. The largest absolute Gasteiger partial charge is 0.338 e. The molecule has 1 heterocycles. The topological polar surface area (TPSA) is 6.48 Å². The first-order chi connectivity index (χ1) is 10.6. The number of piperidine rings is 1. The molecular formula is C19H25N2P. The van der Waals surface area contributed by atoms with E-state index in [0.29, 0.717) is 6.04 Å². The fraction of sp³-hybridized carbons (Fsp3) is 0.368. The fourth-order valence-electron chi connectivity index (χ4n) is 3.35. The Morgan fingerprint density at radius 2 is 1.68 bits per heavy atom. The van der Waals surface area contributed by atoms with Gasteiger partial charge in [0.1, 0.15) is 0 Å². The number of anilines is 2. The minimum Gasteiger partial charge on any atom is -0.338 e. The molecule has 1 aliphatic heterocycles. The van der Waals surface area contributed by atoms with Gasteiger partial charge < -0.3 is 4.90 Å². The van der Waals surface area contributed by atoms with Gasteiger partial charge in [0.05, 0.1) is 0 Å². The molecule has 0 radical (unpaired) electrons. The Morgan fingerprint density at radius 1 is 1.00 bits per heavy atom. The van der Waals surface area contributed by atoms with Crippen molar-refractivity contribution >= 4 is 20.8 Å². The highest BCUT2D eigenvalue weighted by Gasteiger charge is 2.25. The molecule has 0 aliphatic carbocycles. The molecule has 1 fully saturated rings. The van der Waals surface area contributed by atoms with Crippen molar-refractivity contribution in [1.29, 1.82) is 0 Å². The standard InChI is InChI=1S/C19H25N2P/c1-15-8-9-19(16(2)14-15)21(17-6-4-3-5-7-17)18-10-12-20(22)13-11-18/h3-9,14,18H,10-13,22H2,1-2H3. The van der Waals surface area contributed by atoms with Crippen LogP contribution >= 0.6 is 9.39 Å². The second-order valence-corrected chi connectivity index (χ2v) is 6.99. The molecule has 1 aliphatic rings. The third-order valence-corrected chi connectivity index (χ3v) is 5.03. The van der Waals surface area contributed by atoms with Gasteiger partial charge in [-0.3, -0.25) is 4.67 Å². The van der Waals surface area contributed by atoms with Crippen LogP contribution in [-0.2, 0) is 0 Å². The van der Waals surface area contributed by atoms with Gasteiger partial charge in [-0.05, 0) is 50.5 Å². The monoisotopic (exact) mass is 312 g/mol. The Labute approximate surface area is 136 Å². The molecule has 1 unspecified atom stereocenters. The zero-order valence-corrected chi connectivity index (χ0v) is 14.7. The lowest BCUT2D eigenvalue weighted by Crippen LogP contribution is -2.40. The van der Waals surface area contributed by atoms with Crippen LogP contribution in [0, 0.1) is 13.8 Å². The lowest BCUT2D eigenvalue weighted by Gasteiger charge is -2.39. The predicted molar refractivity (Wildman–Crippen MR) is 98.8 cm³/mol. The van der Waals surface area contributed by atoms with E-state index >= 15 is 0 Å². The van der Waals surface area contributed by atoms with Crippen LogP contribution in [0.5, 0.6) is 0 Å². The van der Waals surface area contributed by atoms with Gasteiger partial charge in [-0.15, -0.1) is 0 Å². The first kappa shape index (κ1) is 15.5. The molecule has 1 atom stereocenters. The summed E-state index contributed by atoms with van der Waals surface area (Å²) in [6.45, 7) is 6.67. The van der Waals surface area contributed by atoms with Crippen LogP contribution < -0.4 is 4.90 Å². The van der Waals surface area contributed by atoms with E-state index in [4.69, 9.17) is 0 Å². The number of nitrogens with zero attached hydrogens (tertiary/aromatic N) is 2. The molecule has 2 nitrogen and oxygen atoms in total. The summed E-state index contributed by atoms with van der Waals surface area (Å²) in [4.78, 5) is 2.55. The third-order valence-electron chi connectivity index (χ3n) is 4.51. The molecule has 2 aromatic rings. The molecule has 0 bridgehead atoms. The SMILES string of the molecule is Cc1ccc(N(c2ccccc2)C2CCN(P)CC2)c(C)c1. The van der Waals surface area contributed by atoms with E-state index in [0.717, 1.165) is 13.1 Å². The Hall–Kier alpha value is -1.37. The Morgan fingerprint density at radius 3 is 2.32 bits per heavy atom. The minimum atomic E-state index is 0.570. The highest BCUT2D eigenvalue weighted by Crippen LogP contribution is 2.34. The van der Waals surface area contributed by atoms with Crippen molar-refractivity contribution < 1.29 is 0 Å². The van der Waals surface area contributed by atoms with Gasteiger partial charge in [-0.25, -0.2) is 0 Å². The van der Waals surface area contributed by atoms with E-state index in [1.165, 1.54) is 35.3 Å². The zero-order chi connectivity index (χ0) is 15.5. The average Bonchev–Trinajstić information content (AvgIpc) is 2.52. The van der Waals surface area contributed by atoms with Crippen LogP contribution in [0.2, 0.25) is 0 Å². The Bertz CT molecular complexity index is 619. The molecule has 2 aromatic carbocycles. The molecule has 1 saturated heterocycles. The van der Waals surface area contributed by atoms with Crippen molar-refractivity contribution in [3.05, 3.63) is 59.7 Å². The normalized spacial score (nSPS) is 16.7. The van der Waals surface area contributed by atoms with Crippen LogP contribution in [0.1, 0.15) is 24.0 Å². The first-order valence-corrected chi connectivity index (χ1v) is 8.58. The Kier molecular flexibility index (Phi) is 4.81. The van der Waals surface area contributed by atoms with Crippen LogP contribution in [0.4, 0.5) is 11.4 Å². The molecule has 0 N–H and O–H groups in total. The summed E-state index contributed by atoms with van der Waals surface area (Å²) in [7, 11) is 2.84. The van der Waals surface area contributed by atoms with Gasteiger partial charge in [-0.2, -0.15) is 0 Å². The maximum Gasteiger partial charge on any atom is 0.0443 e. The average molecular weight is 312 g/mol. The van der Waals surface area contributed by atoms with Crippen molar-refractivity contribution in [2.45, 2.75) is 32.7 Å². The van der Waals surface area contributed by atoms with E-state index < -0.39 is 0 Å². The minimum absolute atomic E-state index is 0.570.